The van der Waals surface area contributed by atoms with E-state index in [1.165, 1.54) is 0 Å². The third-order valence-electron chi connectivity index (χ3n) is 3.39. The number of carbonyl (C=O) groups is 2. The van der Waals surface area contributed by atoms with Gasteiger partial charge < -0.3 is 10.8 Å². The van der Waals surface area contributed by atoms with Gasteiger partial charge in [0, 0.05) is 6.42 Å². The number of carboxylic acids is 1. The van der Waals surface area contributed by atoms with Gasteiger partial charge in [-0.25, -0.2) is 0 Å². The van der Waals surface area contributed by atoms with Crippen LogP contribution >= 0.6 is 0 Å². The van der Waals surface area contributed by atoms with Crippen LogP contribution in [0.2, 0.25) is 0 Å². The van der Waals surface area contributed by atoms with Crippen LogP contribution in [-0.4, -0.2) is 17.0 Å². The van der Waals surface area contributed by atoms with Crippen molar-refractivity contribution in [2.45, 2.75) is 58.8 Å². The van der Waals surface area contributed by atoms with Crippen molar-refractivity contribution in [1.82, 2.24) is 0 Å². The van der Waals surface area contributed by atoms with Crippen molar-refractivity contribution in [2.75, 3.05) is 0 Å². The van der Waals surface area contributed by atoms with E-state index in [0.717, 1.165) is 19.3 Å². The topological polar surface area (TPSA) is 80.4 Å². The third kappa shape index (κ3) is 4.64. The summed E-state index contributed by atoms with van der Waals surface area (Å²) in [6, 6.07) is 0. The average molecular weight is 229 g/mol. The van der Waals surface area contributed by atoms with Gasteiger partial charge in [-0.3, -0.25) is 9.59 Å². The Bertz CT molecular complexity index is 234. The second-order valence-corrected chi connectivity index (χ2v) is 4.32. The predicted octanol–water partition coefficient (Wildman–Crippen LogP) is 2.31. The molecule has 0 aromatic heterocycles. The first kappa shape index (κ1) is 14.9. The molecule has 0 rings (SSSR count). The summed E-state index contributed by atoms with van der Waals surface area (Å²) in [4.78, 5) is 21.7. The Morgan fingerprint density at radius 3 is 2.06 bits per heavy atom. The summed E-state index contributed by atoms with van der Waals surface area (Å²) in [5.41, 5.74) is 4.45. The van der Waals surface area contributed by atoms with Gasteiger partial charge >= 0.3 is 5.97 Å². The number of rotatable bonds is 9. The van der Waals surface area contributed by atoms with E-state index in [0.29, 0.717) is 25.7 Å². The number of primary amides is 1. The van der Waals surface area contributed by atoms with E-state index in [-0.39, 0.29) is 5.91 Å². The molecule has 0 atom stereocenters. The normalized spacial score (nSPS) is 11.4. The lowest BCUT2D eigenvalue weighted by Gasteiger charge is -2.26. The molecule has 0 aliphatic heterocycles. The Labute approximate surface area is 97.2 Å². The molecule has 0 aromatic rings. The second kappa shape index (κ2) is 7.25. The van der Waals surface area contributed by atoms with E-state index >= 15 is 0 Å². The standard InChI is InChI=1S/C12H23NO3/c1-3-12(4-2,11(15)16)9-7-5-6-8-10(13)14/h3-9H2,1-2H3,(H2,13,14)(H,15,16). The van der Waals surface area contributed by atoms with Crippen LogP contribution in [0, 0.1) is 5.41 Å². The maximum absolute atomic E-state index is 11.2. The molecule has 3 N–H and O–H groups in total. The SMILES string of the molecule is CCC(CC)(CCCCCC(N)=O)C(=O)O. The Balaban J connectivity index is 3.95. The first-order valence-electron chi connectivity index (χ1n) is 6.00. The van der Waals surface area contributed by atoms with E-state index in [2.05, 4.69) is 0 Å². The highest BCUT2D eigenvalue weighted by Gasteiger charge is 2.33. The van der Waals surface area contributed by atoms with Gasteiger partial charge in [0.15, 0.2) is 0 Å². The molecular weight excluding hydrogens is 206 g/mol. The second-order valence-electron chi connectivity index (χ2n) is 4.32. The number of amides is 1. The van der Waals surface area contributed by atoms with Crippen molar-refractivity contribution < 1.29 is 14.7 Å². The molecule has 0 aliphatic carbocycles. The molecule has 0 aromatic carbocycles. The first-order valence-corrected chi connectivity index (χ1v) is 6.00. The third-order valence-corrected chi connectivity index (χ3v) is 3.39. The zero-order valence-corrected chi connectivity index (χ0v) is 10.3. The molecule has 0 radical (unpaired) electrons. The summed E-state index contributed by atoms with van der Waals surface area (Å²) in [6.07, 6.45) is 4.90. The number of carbonyl (C=O) groups excluding carboxylic acids is 1. The van der Waals surface area contributed by atoms with Gasteiger partial charge in [0.25, 0.3) is 0 Å². The van der Waals surface area contributed by atoms with Gasteiger partial charge in [-0.2, -0.15) is 0 Å². The Morgan fingerprint density at radius 1 is 1.12 bits per heavy atom. The van der Waals surface area contributed by atoms with Crippen molar-refractivity contribution in [1.29, 1.82) is 0 Å². The highest BCUT2D eigenvalue weighted by Crippen LogP contribution is 2.33. The van der Waals surface area contributed by atoms with E-state index < -0.39 is 11.4 Å². The van der Waals surface area contributed by atoms with Crippen LogP contribution in [0.3, 0.4) is 0 Å². The molecule has 0 unspecified atom stereocenters. The molecule has 0 saturated heterocycles. The van der Waals surface area contributed by atoms with Crippen molar-refractivity contribution in [2.24, 2.45) is 11.1 Å². The monoisotopic (exact) mass is 229 g/mol. The summed E-state index contributed by atoms with van der Waals surface area (Å²) in [5, 5.41) is 9.19. The smallest absolute Gasteiger partial charge is 0.309 e. The minimum Gasteiger partial charge on any atom is -0.481 e. The van der Waals surface area contributed by atoms with Crippen LogP contribution in [0.15, 0.2) is 0 Å². The van der Waals surface area contributed by atoms with Crippen LogP contribution in [0.5, 0.6) is 0 Å². The van der Waals surface area contributed by atoms with Gasteiger partial charge in [-0.05, 0) is 25.7 Å². The number of hydrogen-bond donors (Lipinski definition) is 2. The summed E-state index contributed by atoms with van der Waals surface area (Å²) in [7, 11) is 0. The molecular formula is C12H23NO3. The lowest BCUT2D eigenvalue weighted by molar-refractivity contribution is -0.150. The molecule has 0 fully saturated rings. The zero-order chi connectivity index (χ0) is 12.6. The lowest BCUT2D eigenvalue weighted by Crippen LogP contribution is -2.29. The van der Waals surface area contributed by atoms with E-state index in [1.807, 2.05) is 13.8 Å². The quantitative estimate of drug-likeness (QED) is 0.595. The highest BCUT2D eigenvalue weighted by atomic mass is 16.4. The minimum absolute atomic E-state index is 0.282. The Kier molecular flexibility index (Phi) is 6.77. The number of unbranched alkanes of at least 4 members (excludes halogenated alkanes) is 2. The van der Waals surface area contributed by atoms with Crippen LogP contribution in [0.1, 0.15) is 58.8 Å². The summed E-state index contributed by atoms with van der Waals surface area (Å²) >= 11 is 0. The number of carboxylic acid groups (broad SMARTS) is 1. The largest absolute Gasteiger partial charge is 0.481 e. The molecule has 0 heterocycles. The molecule has 0 aliphatic rings. The van der Waals surface area contributed by atoms with Crippen molar-refractivity contribution >= 4 is 11.9 Å². The van der Waals surface area contributed by atoms with E-state index in [1.54, 1.807) is 0 Å². The summed E-state index contributed by atoms with van der Waals surface area (Å²) in [6.45, 7) is 3.84. The molecule has 4 nitrogen and oxygen atoms in total. The molecule has 0 bridgehead atoms. The van der Waals surface area contributed by atoms with Gasteiger partial charge in [0.2, 0.25) is 5.91 Å². The molecule has 16 heavy (non-hydrogen) atoms. The summed E-state index contributed by atoms with van der Waals surface area (Å²) in [5.74, 6) is -0.983. The van der Waals surface area contributed by atoms with Crippen LogP contribution in [-0.2, 0) is 9.59 Å². The van der Waals surface area contributed by atoms with Crippen LogP contribution in [0.4, 0.5) is 0 Å². The van der Waals surface area contributed by atoms with Gasteiger partial charge in [-0.1, -0.05) is 26.7 Å². The molecule has 4 heteroatoms. The maximum atomic E-state index is 11.2. The fourth-order valence-corrected chi connectivity index (χ4v) is 1.95. The first-order chi connectivity index (χ1) is 7.48. The molecule has 94 valence electrons. The van der Waals surface area contributed by atoms with Crippen molar-refractivity contribution in [3.05, 3.63) is 0 Å². The molecule has 0 saturated carbocycles. The van der Waals surface area contributed by atoms with Crippen molar-refractivity contribution in [3.8, 4) is 0 Å². The maximum Gasteiger partial charge on any atom is 0.309 e. The number of aliphatic carboxylic acids is 1. The molecule has 0 spiro atoms. The fourth-order valence-electron chi connectivity index (χ4n) is 1.95. The minimum atomic E-state index is -0.701. The van der Waals surface area contributed by atoms with Crippen LogP contribution < -0.4 is 5.73 Å². The summed E-state index contributed by atoms with van der Waals surface area (Å²) < 4.78 is 0. The number of nitrogens with two attached hydrogens (primary N) is 1. The molecule has 1 amide bonds. The Hall–Kier alpha value is -1.06. The Morgan fingerprint density at radius 2 is 1.69 bits per heavy atom. The predicted molar refractivity (Wildman–Crippen MR) is 62.9 cm³/mol. The van der Waals surface area contributed by atoms with Crippen LogP contribution in [0.25, 0.3) is 0 Å². The lowest BCUT2D eigenvalue weighted by atomic mass is 9.78. The van der Waals surface area contributed by atoms with E-state index in [4.69, 9.17) is 5.73 Å². The van der Waals surface area contributed by atoms with Crippen molar-refractivity contribution in [3.63, 3.8) is 0 Å². The zero-order valence-electron chi connectivity index (χ0n) is 10.3. The fraction of sp³-hybridized carbons (Fsp3) is 0.833. The van der Waals surface area contributed by atoms with Gasteiger partial charge in [0.1, 0.15) is 0 Å². The number of hydrogen-bond acceptors (Lipinski definition) is 2. The van der Waals surface area contributed by atoms with Gasteiger partial charge in [0.05, 0.1) is 5.41 Å². The van der Waals surface area contributed by atoms with Gasteiger partial charge in [-0.15, -0.1) is 0 Å². The average Bonchev–Trinajstić information content (AvgIpc) is 2.23. The van der Waals surface area contributed by atoms with E-state index in [9.17, 15) is 14.7 Å². The highest BCUT2D eigenvalue weighted by molar-refractivity contribution is 5.74.